The summed E-state index contributed by atoms with van der Waals surface area (Å²) in [5.74, 6) is 0.362. The van der Waals surface area contributed by atoms with E-state index in [0.717, 1.165) is 32.6 Å². The van der Waals surface area contributed by atoms with E-state index in [1.807, 2.05) is 4.90 Å². The number of fused-ring (bicyclic) bond motifs is 1. The van der Waals surface area contributed by atoms with Crippen LogP contribution in [0.1, 0.15) is 19.8 Å². The Kier molecular flexibility index (Phi) is 2.05. The second kappa shape index (κ2) is 3.05. The van der Waals surface area contributed by atoms with Crippen molar-refractivity contribution < 1.29 is 4.79 Å². The summed E-state index contributed by atoms with van der Waals surface area (Å²) in [6, 6.07) is 0.235. The van der Waals surface area contributed by atoms with Gasteiger partial charge in [0.15, 0.2) is 0 Å². The summed E-state index contributed by atoms with van der Waals surface area (Å²) in [7, 11) is 0. The van der Waals surface area contributed by atoms with Gasteiger partial charge < -0.3 is 4.90 Å². The van der Waals surface area contributed by atoms with E-state index in [9.17, 15) is 4.79 Å². The first-order chi connectivity index (χ1) is 5.83. The van der Waals surface area contributed by atoms with Crippen LogP contribution in [0.3, 0.4) is 0 Å². The maximum Gasteiger partial charge on any atom is 0.239 e. The van der Waals surface area contributed by atoms with Crippen molar-refractivity contribution in [2.24, 2.45) is 0 Å². The van der Waals surface area contributed by atoms with E-state index in [2.05, 4.69) is 11.8 Å². The molecule has 0 aliphatic carbocycles. The minimum absolute atomic E-state index is 0.235. The zero-order valence-corrected chi connectivity index (χ0v) is 7.62. The third kappa shape index (κ3) is 1.12. The molecular formula is C9H16N2O. The highest BCUT2D eigenvalue weighted by atomic mass is 16.2. The van der Waals surface area contributed by atoms with Crippen molar-refractivity contribution in [1.29, 1.82) is 0 Å². The molecule has 3 nitrogen and oxygen atoms in total. The minimum atomic E-state index is 0.235. The summed E-state index contributed by atoms with van der Waals surface area (Å²) in [6.07, 6.45) is 2.28. The maximum absolute atomic E-state index is 11.7. The van der Waals surface area contributed by atoms with E-state index in [1.165, 1.54) is 6.42 Å². The van der Waals surface area contributed by atoms with Gasteiger partial charge in [0.1, 0.15) is 0 Å². The lowest BCUT2D eigenvalue weighted by atomic mass is 10.1. The van der Waals surface area contributed by atoms with Crippen molar-refractivity contribution in [3.05, 3.63) is 0 Å². The fraction of sp³-hybridized carbons (Fsp3) is 0.889. The molecule has 0 aromatic heterocycles. The molecule has 1 atom stereocenters. The zero-order valence-electron chi connectivity index (χ0n) is 7.62. The van der Waals surface area contributed by atoms with Gasteiger partial charge in [-0.05, 0) is 26.3 Å². The van der Waals surface area contributed by atoms with E-state index in [0.29, 0.717) is 5.91 Å². The summed E-state index contributed by atoms with van der Waals surface area (Å²) in [6.45, 7) is 6.09. The normalized spacial score (nSPS) is 30.9. The van der Waals surface area contributed by atoms with Crippen molar-refractivity contribution in [1.82, 2.24) is 9.80 Å². The third-order valence-electron chi connectivity index (χ3n) is 3.00. The highest BCUT2D eigenvalue weighted by molar-refractivity contribution is 5.82. The van der Waals surface area contributed by atoms with Crippen molar-refractivity contribution >= 4 is 5.91 Å². The zero-order chi connectivity index (χ0) is 8.55. The fourth-order valence-corrected chi connectivity index (χ4v) is 2.26. The lowest BCUT2D eigenvalue weighted by Gasteiger charge is -2.36. The van der Waals surface area contributed by atoms with Crippen molar-refractivity contribution in [2.45, 2.75) is 25.8 Å². The monoisotopic (exact) mass is 168 g/mol. The topological polar surface area (TPSA) is 23.6 Å². The van der Waals surface area contributed by atoms with Crippen molar-refractivity contribution in [3.63, 3.8) is 0 Å². The molecule has 0 spiro atoms. The molecular weight excluding hydrogens is 152 g/mol. The van der Waals surface area contributed by atoms with Gasteiger partial charge in [0.2, 0.25) is 5.91 Å². The lowest BCUT2D eigenvalue weighted by Crippen LogP contribution is -2.54. The van der Waals surface area contributed by atoms with Gasteiger partial charge >= 0.3 is 0 Å². The number of hydrogen-bond acceptors (Lipinski definition) is 2. The van der Waals surface area contributed by atoms with Gasteiger partial charge in [-0.15, -0.1) is 0 Å². The quantitative estimate of drug-likeness (QED) is 0.562. The molecule has 2 fully saturated rings. The molecule has 2 heterocycles. The Labute approximate surface area is 73.3 Å². The van der Waals surface area contributed by atoms with Crippen LogP contribution in [-0.4, -0.2) is 47.9 Å². The van der Waals surface area contributed by atoms with E-state index >= 15 is 0 Å². The lowest BCUT2D eigenvalue weighted by molar-refractivity contribution is -0.139. The predicted octanol–water partition coefficient (Wildman–Crippen LogP) is 0.313. The van der Waals surface area contributed by atoms with Gasteiger partial charge in [-0.3, -0.25) is 9.69 Å². The van der Waals surface area contributed by atoms with Gasteiger partial charge in [0, 0.05) is 19.6 Å². The SMILES string of the molecule is CCN1CCN2CCC[C@@H]2C1=O. The van der Waals surface area contributed by atoms with Crippen LogP contribution < -0.4 is 0 Å². The highest BCUT2D eigenvalue weighted by Gasteiger charge is 2.36. The number of amides is 1. The Bertz CT molecular complexity index is 193. The molecule has 2 rings (SSSR count). The summed E-state index contributed by atoms with van der Waals surface area (Å²) in [5, 5.41) is 0. The summed E-state index contributed by atoms with van der Waals surface area (Å²) < 4.78 is 0. The molecule has 12 heavy (non-hydrogen) atoms. The number of rotatable bonds is 1. The Balaban J connectivity index is 2.07. The summed E-state index contributed by atoms with van der Waals surface area (Å²) >= 11 is 0. The van der Waals surface area contributed by atoms with Crippen molar-refractivity contribution in [2.75, 3.05) is 26.2 Å². The van der Waals surface area contributed by atoms with Gasteiger partial charge in [-0.1, -0.05) is 0 Å². The molecule has 0 radical (unpaired) electrons. The van der Waals surface area contributed by atoms with Crippen LogP contribution >= 0.6 is 0 Å². The number of hydrogen-bond donors (Lipinski definition) is 0. The van der Waals surface area contributed by atoms with E-state index in [4.69, 9.17) is 0 Å². The van der Waals surface area contributed by atoms with Crippen LogP contribution in [0, 0.1) is 0 Å². The molecule has 0 aromatic carbocycles. The highest BCUT2D eigenvalue weighted by Crippen LogP contribution is 2.22. The number of piperazine rings is 1. The van der Waals surface area contributed by atoms with E-state index < -0.39 is 0 Å². The second-order valence-corrected chi connectivity index (χ2v) is 3.61. The van der Waals surface area contributed by atoms with E-state index in [-0.39, 0.29) is 6.04 Å². The standard InChI is InChI=1S/C9H16N2O/c1-2-10-6-7-11-5-3-4-8(11)9(10)12/h8H,2-7H2,1H3/t8-/m1/s1. The van der Waals surface area contributed by atoms with Crippen LogP contribution in [0.25, 0.3) is 0 Å². The first-order valence-electron chi connectivity index (χ1n) is 4.85. The van der Waals surface area contributed by atoms with Gasteiger partial charge in [-0.25, -0.2) is 0 Å². The van der Waals surface area contributed by atoms with Crippen LogP contribution in [0.2, 0.25) is 0 Å². The molecule has 0 bridgehead atoms. The van der Waals surface area contributed by atoms with Crippen LogP contribution in [-0.2, 0) is 4.79 Å². The Hall–Kier alpha value is -0.570. The van der Waals surface area contributed by atoms with Gasteiger partial charge in [-0.2, -0.15) is 0 Å². The summed E-state index contributed by atoms with van der Waals surface area (Å²) in [4.78, 5) is 16.0. The van der Waals surface area contributed by atoms with E-state index in [1.54, 1.807) is 0 Å². The minimum Gasteiger partial charge on any atom is -0.340 e. The molecule has 0 saturated carbocycles. The molecule has 0 N–H and O–H groups in total. The van der Waals surface area contributed by atoms with Gasteiger partial charge in [0.05, 0.1) is 6.04 Å². The number of likely N-dealkylation sites (N-methyl/N-ethyl adjacent to an activating group) is 1. The fourth-order valence-electron chi connectivity index (χ4n) is 2.26. The van der Waals surface area contributed by atoms with Gasteiger partial charge in [0.25, 0.3) is 0 Å². The maximum atomic E-state index is 11.7. The third-order valence-corrected chi connectivity index (χ3v) is 3.00. The number of nitrogens with zero attached hydrogens (tertiary/aromatic N) is 2. The summed E-state index contributed by atoms with van der Waals surface area (Å²) in [5.41, 5.74) is 0. The molecule has 2 aliphatic rings. The molecule has 0 aromatic rings. The molecule has 1 amide bonds. The Morgan fingerprint density at radius 3 is 3.00 bits per heavy atom. The van der Waals surface area contributed by atoms with Crippen LogP contribution in [0.5, 0.6) is 0 Å². The number of carbonyl (C=O) groups is 1. The Morgan fingerprint density at radius 2 is 2.25 bits per heavy atom. The van der Waals surface area contributed by atoms with Crippen molar-refractivity contribution in [3.8, 4) is 0 Å². The first kappa shape index (κ1) is 8.05. The molecule has 2 saturated heterocycles. The molecule has 68 valence electrons. The molecule has 3 heteroatoms. The second-order valence-electron chi connectivity index (χ2n) is 3.61. The average Bonchev–Trinajstić information content (AvgIpc) is 2.53. The smallest absolute Gasteiger partial charge is 0.239 e. The van der Waals surface area contributed by atoms with Crippen LogP contribution in [0.4, 0.5) is 0 Å². The first-order valence-corrected chi connectivity index (χ1v) is 4.85. The Morgan fingerprint density at radius 1 is 1.42 bits per heavy atom. The largest absolute Gasteiger partial charge is 0.340 e. The van der Waals surface area contributed by atoms with Crippen LogP contribution in [0.15, 0.2) is 0 Å². The predicted molar refractivity (Wildman–Crippen MR) is 46.8 cm³/mol. The number of carbonyl (C=O) groups excluding carboxylic acids is 1. The molecule has 0 unspecified atom stereocenters. The molecule has 2 aliphatic heterocycles. The average molecular weight is 168 g/mol.